The SMILES string of the molecule is O=C(C1=C(c2ccccc2)c2cc(Cl)ccc2S(=O)(=O)N1)n1ccnc1. The molecule has 2 aromatic carbocycles. The number of benzene rings is 2. The van der Waals surface area contributed by atoms with Gasteiger partial charge in [-0.3, -0.25) is 14.1 Å². The molecule has 1 aromatic heterocycles. The van der Waals surface area contributed by atoms with Gasteiger partial charge in [0, 0.05) is 28.6 Å². The number of halogens is 1. The van der Waals surface area contributed by atoms with Crippen LogP contribution in [-0.2, 0) is 10.0 Å². The summed E-state index contributed by atoms with van der Waals surface area (Å²) < 4.78 is 29.0. The lowest BCUT2D eigenvalue weighted by Gasteiger charge is -2.24. The van der Waals surface area contributed by atoms with Crippen LogP contribution in [0.4, 0.5) is 0 Å². The molecule has 0 aliphatic carbocycles. The fourth-order valence-corrected chi connectivity index (χ4v) is 4.31. The summed E-state index contributed by atoms with van der Waals surface area (Å²) in [6.45, 7) is 0. The Bertz CT molecular complexity index is 1140. The summed E-state index contributed by atoms with van der Waals surface area (Å²) in [5.74, 6) is -0.532. The molecule has 0 spiro atoms. The predicted octanol–water partition coefficient (Wildman–Crippen LogP) is 2.93. The molecule has 1 aliphatic rings. The van der Waals surface area contributed by atoms with E-state index in [0.29, 0.717) is 21.7 Å². The lowest BCUT2D eigenvalue weighted by Crippen LogP contribution is -2.35. The molecule has 1 N–H and O–H groups in total. The molecule has 3 aromatic rings. The zero-order valence-corrected chi connectivity index (χ0v) is 14.8. The fourth-order valence-electron chi connectivity index (χ4n) is 2.87. The highest BCUT2D eigenvalue weighted by Gasteiger charge is 2.33. The van der Waals surface area contributed by atoms with E-state index in [4.69, 9.17) is 11.6 Å². The first-order chi connectivity index (χ1) is 12.5. The number of carbonyl (C=O) groups is 1. The Hall–Kier alpha value is -2.90. The van der Waals surface area contributed by atoms with Crippen LogP contribution in [0.3, 0.4) is 0 Å². The van der Waals surface area contributed by atoms with Crippen molar-refractivity contribution < 1.29 is 13.2 Å². The van der Waals surface area contributed by atoms with Crippen molar-refractivity contribution >= 4 is 33.1 Å². The number of imidazole rings is 1. The topological polar surface area (TPSA) is 81.1 Å². The second kappa shape index (κ2) is 6.12. The van der Waals surface area contributed by atoms with Crippen molar-refractivity contribution in [1.29, 1.82) is 0 Å². The molecule has 1 aliphatic heterocycles. The summed E-state index contributed by atoms with van der Waals surface area (Å²) in [4.78, 5) is 16.9. The Labute approximate surface area is 154 Å². The number of carbonyl (C=O) groups excluding carboxylic acids is 1. The molecule has 4 rings (SSSR count). The average Bonchev–Trinajstić information content (AvgIpc) is 3.15. The third-order valence-electron chi connectivity index (χ3n) is 4.00. The highest BCUT2D eigenvalue weighted by atomic mass is 35.5. The number of fused-ring (bicyclic) bond motifs is 1. The second-order valence-corrected chi connectivity index (χ2v) is 7.72. The number of nitrogens with one attached hydrogen (secondary N) is 1. The first-order valence-electron chi connectivity index (χ1n) is 7.62. The molecule has 130 valence electrons. The van der Waals surface area contributed by atoms with Crippen molar-refractivity contribution in [1.82, 2.24) is 14.3 Å². The van der Waals surface area contributed by atoms with E-state index in [0.717, 1.165) is 0 Å². The van der Waals surface area contributed by atoms with Gasteiger partial charge in [-0.15, -0.1) is 0 Å². The molecule has 0 saturated heterocycles. The minimum absolute atomic E-state index is 0.0519. The van der Waals surface area contributed by atoms with Gasteiger partial charge in [0.25, 0.3) is 15.9 Å². The summed E-state index contributed by atoms with van der Waals surface area (Å²) in [6, 6.07) is 13.6. The minimum atomic E-state index is -3.91. The molecule has 6 nitrogen and oxygen atoms in total. The van der Waals surface area contributed by atoms with Crippen LogP contribution in [0.5, 0.6) is 0 Å². The fraction of sp³-hybridized carbons (Fsp3) is 0. The van der Waals surface area contributed by atoms with Crippen LogP contribution >= 0.6 is 11.6 Å². The smallest absolute Gasteiger partial charge is 0.274 e. The lowest BCUT2D eigenvalue weighted by molar-refractivity contribution is 0.0951. The van der Waals surface area contributed by atoms with Gasteiger partial charge < -0.3 is 0 Å². The monoisotopic (exact) mass is 385 g/mol. The Morgan fingerprint density at radius 1 is 1.12 bits per heavy atom. The Balaban J connectivity index is 2.06. The minimum Gasteiger partial charge on any atom is -0.274 e. The summed E-state index contributed by atoms with van der Waals surface area (Å²) >= 11 is 6.11. The maximum atomic E-state index is 12.9. The number of aromatic nitrogens is 2. The van der Waals surface area contributed by atoms with Crippen LogP contribution in [0.15, 0.2) is 77.8 Å². The predicted molar refractivity (Wildman–Crippen MR) is 97.1 cm³/mol. The average molecular weight is 386 g/mol. The van der Waals surface area contributed by atoms with E-state index in [1.165, 1.54) is 35.4 Å². The van der Waals surface area contributed by atoms with Gasteiger partial charge in [0.05, 0.1) is 4.90 Å². The van der Waals surface area contributed by atoms with E-state index in [1.54, 1.807) is 18.2 Å². The van der Waals surface area contributed by atoms with Gasteiger partial charge in [-0.2, -0.15) is 0 Å². The standard InChI is InChI=1S/C18H12ClN3O3S/c19-13-6-7-15-14(10-13)16(12-4-2-1-3-5-12)17(21-26(15,24)25)18(23)22-9-8-20-11-22/h1-11,21H. The number of hydrogen-bond donors (Lipinski definition) is 1. The first kappa shape index (κ1) is 16.6. The van der Waals surface area contributed by atoms with Gasteiger partial charge in [-0.25, -0.2) is 13.4 Å². The third-order valence-corrected chi connectivity index (χ3v) is 5.65. The normalized spacial score (nSPS) is 15.3. The molecule has 0 bridgehead atoms. The quantitative estimate of drug-likeness (QED) is 0.735. The zero-order valence-electron chi connectivity index (χ0n) is 13.3. The molecule has 0 saturated carbocycles. The van der Waals surface area contributed by atoms with Crippen LogP contribution in [-0.4, -0.2) is 23.9 Å². The molecule has 0 radical (unpaired) electrons. The number of sulfonamides is 1. The van der Waals surface area contributed by atoms with E-state index >= 15 is 0 Å². The second-order valence-electron chi connectivity index (χ2n) is 5.64. The molecule has 8 heteroatoms. The molecule has 2 heterocycles. The third kappa shape index (κ3) is 2.71. The number of allylic oxidation sites excluding steroid dienone is 1. The van der Waals surface area contributed by atoms with Crippen LogP contribution in [0.25, 0.3) is 5.57 Å². The van der Waals surface area contributed by atoms with Crippen LogP contribution in [0.1, 0.15) is 15.9 Å². The zero-order chi connectivity index (χ0) is 18.3. The van der Waals surface area contributed by atoms with Gasteiger partial charge in [0.15, 0.2) is 0 Å². The van der Waals surface area contributed by atoms with E-state index in [2.05, 4.69) is 9.71 Å². The van der Waals surface area contributed by atoms with Gasteiger partial charge in [-0.05, 0) is 23.8 Å². The molecule has 26 heavy (non-hydrogen) atoms. The summed E-state index contributed by atoms with van der Waals surface area (Å²) in [5.41, 5.74) is 1.49. The summed E-state index contributed by atoms with van der Waals surface area (Å²) in [7, 11) is -3.91. The molecule has 0 fully saturated rings. The van der Waals surface area contributed by atoms with E-state index in [1.807, 2.05) is 18.2 Å². The first-order valence-corrected chi connectivity index (χ1v) is 9.48. The van der Waals surface area contributed by atoms with Crippen molar-refractivity contribution in [2.45, 2.75) is 4.90 Å². The number of hydrogen-bond acceptors (Lipinski definition) is 4. The molecule has 0 atom stereocenters. The van der Waals surface area contributed by atoms with Gasteiger partial charge in [0.1, 0.15) is 12.0 Å². The van der Waals surface area contributed by atoms with Crippen molar-refractivity contribution in [2.24, 2.45) is 0 Å². The van der Waals surface area contributed by atoms with Crippen molar-refractivity contribution in [3.63, 3.8) is 0 Å². The maximum absolute atomic E-state index is 12.9. The van der Waals surface area contributed by atoms with E-state index < -0.39 is 15.9 Å². The lowest BCUT2D eigenvalue weighted by atomic mass is 9.95. The summed E-state index contributed by atoms with van der Waals surface area (Å²) in [6.07, 6.45) is 4.22. The van der Waals surface area contributed by atoms with Crippen LogP contribution in [0.2, 0.25) is 5.02 Å². The number of rotatable bonds is 2. The molecule has 0 unspecified atom stereocenters. The van der Waals surface area contributed by atoms with Crippen LogP contribution < -0.4 is 4.72 Å². The molecular formula is C18H12ClN3O3S. The number of nitrogens with zero attached hydrogens (tertiary/aromatic N) is 2. The van der Waals surface area contributed by atoms with Gasteiger partial charge in [0.2, 0.25) is 0 Å². The van der Waals surface area contributed by atoms with Crippen molar-refractivity contribution in [3.8, 4) is 0 Å². The van der Waals surface area contributed by atoms with E-state index in [-0.39, 0.29) is 10.6 Å². The van der Waals surface area contributed by atoms with E-state index in [9.17, 15) is 13.2 Å². The largest absolute Gasteiger partial charge is 0.280 e. The van der Waals surface area contributed by atoms with Crippen molar-refractivity contribution in [2.75, 3.05) is 0 Å². The highest BCUT2D eigenvalue weighted by Crippen LogP contribution is 2.37. The summed E-state index contributed by atoms with van der Waals surface area (Å²) in [5, 5.41) is 0.378. The van der Waals surface area contributed by atoms with Crippen LogP contribution in [0, 0.1) is 0 Å². The Kier molecular flexibility index (Phi) is 3.90. The Morgan fingerprint density at radius 3 is 2.58 bits per heavy atom. The van der Waals surface area contributed by atoms with Gasteiger partial charge in [-0.1, -0.05) is 41.9 Å². The molecule has 0 amide bonds. The molecular weight excluding hydrogens is 374 g/mol. The van der Waals surface area contributed by atoms with Gasteiger partial charge >= 0.3 is 0 Å². The highest BCUT2D eigenvalue weighted by molar-refractivity contribution is 7.89. The maximum Gasteiger partial charge on any atom is 0.280 e. The van der Waals surface area contributed by atoms with Crippen molar-refractivity contribution in [3.05, 3.63) is 89.1 Å². The Morgan fingerprint density at radius 2 is 1.88 bits per heavy atom.